The van der Waals surface area contributed by atoms with Crippen LogP contribution in [-0.2, 0) is 4.74 Å². The van der Waals surface area contributed by atoms with E-state index >= 15 is 0 Å². The van der Waals surface area contributed by atoms with E-state index in [1.54, 1.807) is 32.0 Å². The summed E-state index contributed by atoms with van der Waals surface area (Å²) >= 11 is 1.27. The summed E-state index contributed by atoms with van der Waals surface area (Å²) in [5.74, 6) is -0.169. The second-order valence-electron chi connectivity index (χ2n) is 3.70. The number of carbonyl (C=O) groups is 1. The third kappa shape index (κ3) is 2.51. The molecule has 0 aliphatic rings. The fourth-order valence-corrected chi connectivity index (χ4v) is 2.50. The Morgan fingerprint density at radius 2 is 2.28 bits per heavy atom. The van der Waals surface area contributed by atoms with Gasteiger partial charge in [-0.15, -0.1) is 11.3 Å². The molecule has 0 aliphatic heterocycles. The molecule has 0 atom stereocenters. The standard InChI is InChI=1S/C13H13NO3S/c1-3-17-13(16)11-8(2)14-12(18-11)9-5-4-6-10(15)7-9/h4-7,15H,3H2,1-2H3. The summed E-state index contributed by atoms with van der Waals surface area (Å²) in [6.07, 6.45) is 0. The van der Waals surface area contributed by atoms with Gasteiger partial charge in [-0.05, 0) is 26.0 Å². The fraction of sp³-hybridized carbons (Fsp3) is 0.231. The monoisotopic (exact) mass is 263 g/mol. The SMILES string of the molecule is CCOC(=O)c1sc(-c2cccc(O)c2)nc1C. The van der Waals surface area contributed by atoms with E-state index in [1.807, 2.05) is 6.07 Å². The summed E-state index contributed by atoms with van der Waals surface area (Å²) in [6.45, 7) is 3.89. The molecular weight excluding hydrogens is 250 g/mol. The molecule has 4 nitrogen and oxygen atoms in total. The molecule has 0 unspecified atom stereocenters. The predicted molar refractivity (Wildman–Crippen MR) is 69.9 cm³/mol. The van der Waals surface area contributed by atoms with E-state index in [4.69, 9.17) is 4.74 Å². The second-order valence-corrected chi connectivity index (χ2v) is 4.70. The van der Waals surface area contributed by atoms with Crippen molar-refractivity contribution in [2.75, 3.05) is 6.61 Å². The van der Waals surface area contributed by atoms with Crippen LogP contribution >= 0.6 is 11.3 Å². The predicted octanol–water partition coefficient (Wildman–Crippen LogP) is 3.00. The maximum absolute atomic E-state index is 11.7. The van der Waals surface area contributed by atoms with Gasteiger partial charge in [0.1, 0.15) is 15.6 Å². The Kier molecular flexibility index (Phi) is 3.62. The number of hydrogen-bond acceptors (Lipinski definition) is 5. The van der Waals surface area contributed by atoms with E-state index in [-0.39, 0.29) is 11.7 Å². The number of phenols is 1. The van der Waals surface area contributed by atoms with Gasteiger partial charge in [-0.2, -0.15) is 0 Å². The summed E-state index contributed by atoms with van der Waals surface area (Å²) < 4.78 is 4.96. The Labute approximate surface area is 109 Å². The maximum atomic E-state index is 11.7. The third-order valence-electron chi connectivity index (χ3n) is 2.35. The van der Waals surface area contributed by atoms with Crippen LogP contribution < -0.4 is 0 Å². The highest BCUT2D eigenvalue weighted by Crippen LogP contribution is 2.30. The number of nitrogens with zero attached hydrogens (tertiary/aromatic N) is 1. The lowest BCUT2D eigenvalue weighted by Gasteiger charge is -1.98. The van der Waals surface area contributed by atoms with Crippen molar-refractivity contribution in [3.05, 3.63) is 34.8 Å². The van der Waals surface area contributed by atoms with Crippen LogP contribution in [0.5, 0.6) is 5.75 Å². The van der Waals surface area contributed by atoms with Gasteiger partial charge in [0.15, 0.2) is 0 Å². The lowest BCUT2D eigenvalue weighted by Crippen LogP contribution is -2.03. The van der Waals surface area contributed by atoms with Gasteiger partial charge in [-0.1, -0.05) is 12.1 Å². The number of thiazole rings is 1. The number of phenolic OH excluding ortho intramolecular Hbond substituents is 1. The van der Waals surface area contributed by atoms with Gasteiger partial charge in [0, 0.05) is 5.56 Å². The molecule has 1 N–H and O–H groups in total. The minimum absolute atomic E-state index is 0.179. The number of aryl methyl sites for hydroxylation is 1. The van der Waals surface area contributed by atoms with Crippen LogP contribution in [0.3, 0.4) is 0 Å². The fourth-order valence-electron chi connectivity index (χ4n) is 1.54. The van der Waals surface area contributed by atoms with Crippen molar-refractivity contribution < 1.29 is 14.6 Å². The van der Waals surface area contributed by atoms with Crippen molar-refractivity contribution in [3.63, 3.8) is 0 Å². The van der Waals surface area contributed by atoms with E-state index in [1.165, 1.54) is 11.3 Å². The summed E-state index contributed by atoms with van der Waals surface area (Å²) in [7, 11) is 0. The van der Waals surface area contributed by atoms with Crippen LogP contribution in [-0.4, -0.2) is 22.7 Å². The highest BCUT2D eigenvalue weighted by molar-refractivity contribution is 7.17. The normalized spacial score (nSPS) is 10.3. The molecular formula is C13H13NO3S. The molecule has 1 heterocycles. The van der Waals surface area contributed by atoms with Gasteiger partial charge in [-0.3, -0.25) is 0 Å². The van der Waals surface area contributed by atoms with Crippen molar-refractivity contribution in [3.8, 4) is 16.3 Å². The molecule has 0 saturated heterocycles. The molecule has 0 amide bonds. The number of ether oxygens (including phenoxy) is 1. The lowest BCUT2D eigenvalue weighted by molar-refractivity contribution is 0.0531. The number of esters is 1. The van der Waals surface area contributed by atoms with Crippen molar-refractivity contribution in [2.24, 2.45) is 0 Å². The molecule has 18 heavy (non-hydrogen) atoms. The molecule has 2 aromatic rings. The highest BCUT2D eigenvalue weighted by Gasteiger charge is 2.17. The minimum atomic E-state index is -0.348. The average molecular weight is 263 g/mol. The number of carbonyl (C=O) groups excluding carboxylic acids is 1. The summed E-state index contributed by atoms with van der Waals surface area (Å²) in [4.78, 5) is 16.5. The van der Waals surface area contributed by atoms with Gasteiger partial charge < -0.3 is 9.84 Å². The Hall–Kier alpha value is -1.88. The summed E-state index contributed by atoms with van der Waals surface area (Å²) in [5, 5.41) is 10.1. The van der Waals surface area contributed by atoms with Crippen molar-refractivity contribution in [2.45, 2.75) is 13.8 Å². The van der Waals surface area contributed by atoms with E-state index in [9.17, 15) is 9.90 Å². The Balaban J connectivity index is 2.37. The molecule has 0 saturated carbocycles. The summed E-state index contributed by atoms with van der Waals surface area (Å²) in [5.41, 5.74) is 1.44. The smallest absolute Gasteiger partial charge is 0.350 e. The third-order valence-corrected chi connectivity index (χ3v) is 3.54. The maximum Gasteiger partial charge on any atom is 0.350 e. The highest BCUT2D eigenvalue weighted by atomic mass is 32.1. The zero-order valence-corrected chi connectivity index (χ0v) is 11.0. The first-order chi connectivity index (χ1) is 8.61. The number of rotatable bonds is 3. The van der Waals surface area contributed by atoms with Crippen LogP contribution in [0.15, 0.2) is 24.3 Å². The molecule has 1 aromatic heterocycles. The number of aromatic hydroxyl groups is 1. The molecule has 0 fully saturated rings. The first-order valence-corrected chi connectivity index (χ1v) is 6.37. The quantitative estimate of drug-likeness (QED) is 0.865. The van der Waals surface area contributed by atoms with E-state index in [2.05, 4.69) is 4.98 Å². The van der Waals surface area contributed by atoms with Crippen LogP contribution in [0.4, 0.5) is 0 Å². The van der Waals surface area contributed by atoms with Gasteiger partial charge in [0.25, 0.3) is 0 Å². The molecule has 0 radical (unpaired) electrons. The number of benzene rings is 1. The van der Waals surface area contributed by atoms with Crippen molar-refractivity contribution >= 4 is 17.3 Å². The van der Waals surface area contributed by atoms with E-state index in [0.29, 0.717) is 22.2 Å². The van der Waals surface area contributed by atoms with E-state index in [0.717, 1.165) is 5.56 Å². The largest absolute Gasteiger partial charge is 0.508 e. The zero-order valence-electron chi connectivity index (χ0n) is 10.1. The number of aromatic nitrogens is 1. The Bertz CT molecular complexity index is 577. The second kappa shape index (κ2) is 5.18. The zero-order chi connectivity index (χ0) is 13.1. The molecule has 0 aliphatic carbocycles. The molecule has 0 spiro atoms. The van der Waals surface area contributed by atoms with Crippen molar-refractivity contribution in [1.82, 2.24) is 4.98 Å². The topological polar surface area (TPSA) is 59.4 Å². The minimum Gasteiger partial charge on any atom is -0.508 e. The molecule has 0 bridgehead atoms. The molecule has 94 valence electrons. The Morgan fingerprint density at radius 3 is 2.94 bits per heavy atom. The van der Waals surface area contributed by atoms with Gasteiger partial charge in [0.05, 0.1) is 12.3 Å². The van der Waals surface area contributed by atoms with Crippen LogP contribution in [0.2, 0.25) is 0 Å². The Morgan fingerprint density at radius 1 is 1.50 bits per heavy atom. The molecule has 1 aromatic carbocycles. The summed E-state index contributed by atoms with van der Waals surface area (Å²) in [6, 6.07) is 6.79. The molecule has 2 rings (SSSR count). The number of hydrogen-bond donors (Lipinski definition) is 1. The lowest BCUT2D eigenvalue weighted by atomic mass is 10.2. The first-order valence-electron chi connectivity index (χ1n) is 5.55. The van der Waals surface area contributed by atoms with Crippen LogP contribution in [0, 0.1) is 6.92 Å². The van der Waals surface area contributed by atoms with Gasteiger partial charge in [0.2, 0.25) is 0 Å². The van der Waals surface area contributed by atoms with Gasteiger partial charge in [-0.25, -0.2) is 9.78 Å². The molecule has 5 heteroatoms. The van der Waals surface area contributed by atoms with Crippen LogP contribution in [0.25, 0.3) is 10.6 Å². The first kappa shape index (κ1) is 12.6. The van der Waals surface area contributed by atoms with Gasteiger partial charge >= 0.3 is 5.97 Å². The average Bonchev–Trinajstić information content (AvgIpc) is 2.72. The van der Waals surface area contributed by atoms with E-state index < -0.39 is 0 Å². The van der Waals surface area contributed by atoms with Crippen molar-refractivity contribution in [1.29, 1.82) is 0 Å². The van der Waals surface area contributed by atoms with Crippen LogP contribution in [0.1, 0.15) is 22.3 Å².